The molecule has 2 aromatic rings. The van der Waals surface area contributed by atoms with Crippen LogP contribution in [0.5, 0.6) is 0 Å². The normalized spacial score (nSPS) is 13.1. The van der Waals surface area contributed by atoms with E-state index >= 15 is 0 Å². The number of hydrogen-bond donors (Lipinski definition) is 0. The largest absolute Gasteiger partial charge is 0.416 e. The lowest BCUT2D eigenvalue weighted by molar-refractivity contribution is -0.137. The molecular weight excluding hydrogens is 337 g/mol. The maximum Gasteiger partial charge on any atom is 0.416 e. The molecule has 0 aliphatic rings. The van der Waals surface area contributed by atoms with Crippen LogP contribution >= 0.6 is 0 Å². The molecule has 0 atom stereocenters. The van der Waals surface area contributed by atoms with Gasteiger partial charge in [-0.15, -0.1) is 0 Å². The molecule has 0 amide bonds. The molecule has 0 saturated carbocycles. The first-order valence-corrected chi connectivity index (χ1v) is 11.7. The van der Waals surface area contributed by atoms with Crippen LogP contribution in [0, 0.1) is 0 Å². The van der Waals surface area contributed by atoms with Crippen LogP contribution in [-0.2, 0) is 6.18 Å². The summed E-state index contributed by atoms with van der Waals surface area (Å²) in [6.45, 7) is 6.79. The summed E-state index contributed by atoms with van der Waals surface area (Å²) in [7, 11) is -1.84. The third-order valence-electron chi connectivity index (χ3n) is 4.68. The molecule has 2 rings (SSSR count). The highest BCUT2D eigenvalue weighted by Crippen LogP contribution is 2.30. The van der Waals surface area contributed by atoms with Crippen LogP contribution in [-0.4, -0.2) is 8.07 Å². The molecular formula is C21H25F3Si. The fourth-order valence-electron chi connectivity index (χ4n) is 2.94. The summed E-state index contributed by atoms with van der Waals surface area (Å²) in [5.41, 5.74) is 0.245. The van der Waals surface area contributed by atoms with Crippen LogP contribution in [0.15, 0.2) is 59.8 Å². The average molecular weight is 363 g/mol. The molecule has 0 aliphatic carbocycles. The molecule has 4 heteroatoms. The molecule has 0 saturated heterocycles. The second-order valence-corrected chi connectivity index (χ2v) is 11.4. The average Bonchev–Trinajstić information content (AvgIpc) is 2.59. The smallest absolute Gasteiger partial charge is 0.166 e. The number of alkyl halides is 3. The van der Waals surface area contributed by atoms with Gasteiger partial charge in [0, 0.05) is 0 Å². The van der Waals surface area contributed by atoms with Gasteiger partial charge in [0.25, 0.3) is 0 Å². The summed E-state index contributed by atoms with van der Waals surface area (Å²) in [6, 6.07) is 15.9. The van der Waals surface area contributed by atoms with E-state index in [9.17, 15) is 13.2 Å². The van der Waals surface area contributed by atoms with E-state index in [-0.39, 0.29) is 0 Å². The predicted molar refractivity (Wildman–Crippen MR) is 103 cm³/mol. The zero-order valence-electron chi connectivity index (χ0n) is 15.0. The Balaban J connectivity index is 2.38. The monoisotopic (exact) mass is 362 g/mol. The second kappa shape index (κ2) is 8.04. The van der Waals surface area contributed by atoms with Crippen LogP contribution in [0.2, 0.25) is 13.1 Å². The first kappa shape index (κ1) is 19.5. The van der Waals surface area contributed by atoms with Crippen LogP contribution in [0.25, 0.3) is 6.08 Å². The zero-order valence-corrected chi connectivity index (χ0v) is 16.0. The van der Waals surface area contributed by atoms with Gasteiger partial charge in [0.1, 0.15) is 8.07 Å². The van der Waals surface area contributed by atoms with Crippen molar-refractivity contribution in [3.05, 3.63) is 70.9 Å². The Morgan fingerprint density at radius 3 is 2.08 bits per heavy atom. The Bertz CT molecular complexity index is 698. The summed E-state index contributed by atoms with van der Waals surface area (Å²) < 4.78 is 38.3. The minimum absolute atomic E-state index is 0.598. The van der Waals surface area contributed by atoms with E-state index in [1.54, 1.807) is 12.1 Å². The molecule has 0 nitrogen and oxygen atoms in total. The molecule has 0 heterocycles. The lowest BCUT2D eigenvalue weighted by Crippen LogP contribution is -2.43. The summed E-state index contributed by atoms with van der Waals surface area (Å²) in [4.78, 5) is 0. The Labute approximate surface area is 149 Å². The first-order chi connectivity index (χ1) is 11.7. The van der Waals surface area contributed by atoms with Crippen LogP contribution in [0.1, 0.15) is 37.3 Å². The molecule has 0 aliphatic heterocycles. The highest BCUT2D eigenvalue weighted by Gasteiger charge is 2.30. The van der Waals surface area contributed by atoms with Gasteiger partial charge >= 0.3 is 6.18 Å². The second-order valence-electron chi connectivity index (χ2n) is 6.88. The fraction of sp³-hybridized carbons (Fsp3) is 0.333. The molecule has 0 fully saturated rings. The van der Waals surface area contributed by atoms with Crippen molar-refractivity contribution in [2.45, 2.75) is 45.5 Å². The molecule has 2 aromatic carbocycles. The minimum atomic E-state index is -4.29. The van der Waals surface area contributed by atoms with Gasteiger partial charge in [-0.1, -0.05) is 91.8 Å². The van der Waals surface area contributed by atoms with Crippen molar-refractivity contribution in [2.75, 3.05) is 0 Å². The van der Waals surface area contributed by atoms with Crippen molar-refractivity contribution in [3.8, 4) is 0 Å². The van der Waals surface area contributed by atoms with Gasteiger partial charge in [0.2, 0.25) is 0 Å². The molecule has 0 N–H and O–H groups in total. The molecule has 0 bridgehead atoms. The Kier molecular flexibility index (Phi) is 6.28. The summed E-state index contributed by atoms with van der Waals surface area (Å²) >= 11 is 0. The number of benzene rings is 2. The summed E-state index contributed by atoms with van der Waals surface area (Å²) in [6.07, 6.45) is 1.01. The van der Waals surface area contributed by atoms with Crippen LogP contribution in [0.4, 0.5) is 13.2 Å². The van der Waals surface area contributed by atoms with Crippen LogP contribution < -0.4 is 5.19 Å². The van der Waals surface area contributed by atoms with Crippen molar-refractivity contribution in [1.82, 2.24) is 0 Å². The van der Waals surface area contributed by atoms with Gasteiger partial charge < -0.3 is 0 Å². The third-order valence-corrected chi connectivity index (χ3v) is 8.45. The van der Waals surface area contributed by atoms with E-state index in [2.05, 4.69) is 50.4 Å². The number of unbranched alkanes of at least 4 members (excludes halogenated alkanes) is 1. The van der Waals surface area contributed by atoms with Crippen molar-refractivity contribution < 1.29 is 13.2 Å². The Morgan fingerprint density at radius 2 is 1.56 bits per heavy atom. The number of allylic oxidation sites excluding steroid dienone is 1. The molecule has 0 radical (unpaired) electrons. The van der Waals surface area contributed by atoms with Gasteiger partial charge in [0.05, 0.1) is 5.56 Å². The standard InChI is InChI=1S/C21H25F3Si/c1-4-5-9-20(25(2,3)19-10-7-6-8-11-19)16-17-12-14-18(15-13-17)21(22,23)24/h6-8,10-16H,4-5,9H2,1-3H3/b20-16+. The zero-order chi connectivity index (χ0) is 18.5. The summed E-state index contributed by atoms with van der Waals surface area (Å²) in [5.74, 6) is 0. The van der Waals surface area contributed by atoms with Crippen LogP contribution in [0.3, 0.4) is 0 Å². The molecule has 0 unspecified atom stereocenters. The summed E-state index contributed by atoms with van der Waals surface area (Å²) in [5, 5.41) is 2.73. The molecule has 0 spiro atoms. The van der Waals surface area contributed by atoms with Gasteiger partial charge in [-0.3, -0.25) is 0 Å². The lowest BCUT2D eigenvalue weighted by Gasteiger charge is -2.27. The van der Waals surface area contributed by atoms with Gasteiger partial charge in [-0.25, -0.2) is 0 Å². The lowest BCUT2D eigenvalue weighted by atomic mass is 10.1. The SMILES string of the molecule is CCCC/C(=C\c1ccc(C(F)(F)F)cc1)[Si](C)(C)c1ccccc1. The van der Waals surface area contributed by atoms with Crippen molar-refractivity contribution in [1.29, 1.82) is 0 Å². The molecule has 0 aromatic heterocycles. The highest BCUT2D eigenvalue weighted by atomic mass is 28.3. The van der Waals surface area contributed by atoms with Crippen molar-refractivity contribution >= 4 is 19.3 Å². The number of halogens is 3. The first-order valence-electron chi connectivity index (χ1n) is 8.69. The highest BCUT2D eigenvalue weighted by molar-refractivity contribution is 6.96. The van der Waals surface area contributed by atoms with E-state index in [0.717, 1.165) is 24.8 Å². The van der Waals surface area contributed by atoms with E-state index < -0.39 is 19.8 Å². The van der Waals surface area contributed by atoms with E-state index in [1.807, 2.05) is 6.07 Å². The maximum atomic E-state index is 12.8. The number of rotatable bonds is 6. The maximum absolute atomic E-state index is 12.8. The van der Waals surface area contributed by atoms with Crippen molar-refractivity contribution in [3.63, 3.8) is 0 Å². The predicted octanol–water partition coefficient (Wildman–Crippen LogP) is 6.43. The fourth-order valence-corrected chi connectivity index (χ4v) is 5.67. The molecule has 25 heavy (non-hydrogen) atoms. The van der Waals surface area contributed by atoms with E-state index in [1.165, 1.54) is 22.5 Å². The van der Waals surface area contributed by atoms with Crippen molar-refractivity contribution in [2.24, 2.45) is 0 Å². The quantitative estimate of drug-likeness (QED) is 0.519. The van der Waals surface area contributed by atoms with E-state index in [0.29, 0.717) is 0 Å². The Morgan fingerprint density at radius 1 is 0.960 bits per heavy atom. The number of hydrogen-bond acceptors (Lipinski definition) is 0. The van der Waals surface area contributed by atoms with Gasteiger partial charge in [-0.05, 0) is 24.1 Å². The van der Waals surface area contributed by atoms with Gasteiger partial charge in [0.15, 0.2) is 0 Å². The van der Waals surface area contributed by atoms with Gasteiger partial charge in [-0.2, -0.15) is 13.2 Å². The third kappa shape index (κ3) is 5.08. The van der Waals surface area contributed by atoms with E-state index in [4.69, 9.17) is 0 Å². The topological polar surface area (TPSA) is 0 Å². The molecule has 134 valence electrons. The Hall–Kier alpha value is -1.81. The minimum Gasteiger partial charge on any atom is -0.166 e.